The Kier molecular flexibility index (Phi) is 6.05. The Morgan fingerprint density at radius 3 is 2.75 bits per heavy atom. The molecule has 2 aromatic carbocycles. The standard InChI is InChI=1S/C18H17ClN2O3/c1-3-23-17-9-13(11-20)7-8-16(17)24-12(2)18(22)21-15-6-4-5-14(19)10-15/h4-10,12H,3H2,1-2H3,(H,21,22)/t12-/m1/s1. The highest BCUT2D eigenvalue weighted by atomic mass is 35.5. The third-order valence-corrected chi connectivity index (χ3v) is 3.37. The van der Waals surface area contributed by atoms with Gasteiger partial charge in [0.05, 0.1) is 18.2 Å². The van der Waals surface area contributed by atoms with Crippen molar-refractivity contribution >= 4 is 23.2 Å². The fourth-order valence-electron chi connectivity index (χ4n) is 2.00. The summed E-state index contributed by atoms with van der Waals surface area (Å²) < 4.78 is 11.2. The summed E-state index contributed by atoms with van der Waals surface area (Å²) in [4.78, 5) is 12.2. The fraction of sp³-hybridized carbons (Fsp3) is 0.222. The minimum atomic E-state index is -0.754. The Labute approximate surface area is 145 Å². The molecule has 2 rings (SSSR count). The van der Waals surface area contributed by atoms with Crippen molar-refractivity contribution < 1.29 is 14.3 Å². The molecule has 0 bridgehead atoms. The van der Waals surface area contributed by atoms with Crippen molar-refractivity contribution in [3.63, 3.8) is 0 Å². The summed E-state index contributed by atoms with van der Waals surface area (Å²) in [6.07, 6.45) is -0.754. The molecule has 1 atom stereocenters. The first-order valence-electron chi connectivity index (χ1n) is 7.43. The molecular weight excluding hydrogens is 328 g/mol. The zero-order valence-corrected chi connectivity index (χ0v) is 14.1. The fourth-order valence-corrected chi connectivity index (χ4v) is 2.19. The monoisotopic (exact) mass is 344 g/mol. The minimum Gasteiger partial charge on any atom is -0.490 e. The number of hydrogen-bond acceptors (Lipinski definition) is 4. The first-order chi connectivity index (χ1) is 11.5. The summed E-state index contributed by atoms with van der Waals surface area (Å²) >= 11 is 5.90. The molecule has 0 unspecified atom stereocenters. The van der Waals surface area contributed by atoms with Crippen LogP contribution in [0.3, 0.4) is 0 Å². The van der Waals surface area contributed by atoms with Crippen molar-refractivity contribution in [1.29, 1.82) is 5.26 Å². The predicted octanol–water partition coefficient (Wildman–Crippen LogP) is 4.02. The zero-order valence-electron chi connectivity index (χ0n) is 13.4. The van der Waals surface area contributed by atoms with Crippen LogP contribution in [0.5, 0.6) is 11.5 Å². The number of amides is 1. The van der Waals surface area contributed by atoms with Crippen LogP contribution in [0.4, 0.5) is 5.69 Å². The van der Waals surface area contributed by atoms with Gasteiger partial charge in [-0.2, -0.15) is 5.26 Å². The number of nitrogens with zero attached hydrogens (tertiary/aromatic N) is 1. The van der Waals surface area contributed by atoms with Crippen LogP contribution >= 0.6 is 11.6 Å². The number of rotatable bonds is 6. The van der Waals surface area contributed by atoms with Crippen molar-refractivity contribution in [2.45, 2.75) is 20.0 Å². The molecule has 0 radical (unpaired) electrons. The third-order valence-electron chi connectivity index (χ3n) is 3.14. The van der Waals surface area contributed by atoms with Crippen LogP contribution in [0.15, 0.2) is 42.5 Å². The molecule has 1 N–H and O–H groups in total. The number of anilines is 1. The lowest BCUT2D eigenvalue weighted by molar-refractivity contribution is -0.122. The minimum absolute atomic E-state index is 0.316. The van der Waals surface area contributed by atoms with E-state index in [4.69, 9.17) is 26.3 Å². The summed E-state index contributed by atoms with van der Waals surface area (Å²) in [5, 5.41) is 12.2. The maximum atomic E-state index is 12.2. The van der Waals surface area contributed by atoms with Gasteiger partial charge in [-0.05, 0) is 44.2 Å². The lowest BCUT2D eigenvalue weighted by atomic mass is 10.2. The van der Waals surface area contributed by atoms with E-state index >= 15 is 0 Å². The SMILES string of the molecule is CCOc1cc(C#N)ccc1O[C@H](C)C(=O)Nc1cccc(Cl)c1. The topological polar surface area (TPSA) is 71.3 Å². The van der Waals surface area contributed by atoms with Gasteiger partial charge < -0.3 is 14.8 Å². The van der Waals surface area contributed by atoms with Gasteiger partial charge in [0, 0.05) is 16.8 Å². The van der Waals surface area contributed by atoms with E-state index in [1.807, 2.05) is 13.0 Å². The van der Waals surface area contributed by atoms with Crippen molar-refractivity contribution in [2.75, 3.05) is 11.9 Å². The molecule has 0 saturated carbocycles. The van der Waals surface area contributed by atoms with Crippen molar-refractivity contribution in [1.82, 2.24) is 0 Å². The van der Waals surface area contributed by atoms with Gasteiger partial charge in [-0.3, -0.25) is 4.79 Å². The second-order valence-electron chi connectivity index (χ2n) is 4.97. The largest absolute Gasteiger partial charge is 0.490 e. The number of nitriles is 1. The van der Waals surface area contributed by atoms with E-state index in [-0.39, 0.29) is 5.91 Å². The van der Waals surface area contributed by atoms with Crippen LogP contribution in [-0.4, -0.2) is 18.6 Å². The van der Waals surface area contributed by atoms with Gasteiger partial charge in [0.2, 0.25) is 0 Å². The van der Waals surface area contributed by atoms with E-state index in [0.717, 1.165) is 0 Å². The van der Waals surface area contributed by atoms with E-state index in [9.17, 15) is 4.79 Å². The highest BCUT2D eigenvalue weighted by Gasteiger charge is 2.17. The summed E-state index contributed by atoms with van der Waals surface area (Å²) in [6, 6.07) is 13.7. The number of carbonyl (C=O) groups excluding carboxylic acids is 1. The van der Waals surface area contributed by atoms with Crippen LogP contribution in [0.1, 0.15) is 19.4 Å². The highest BCUT2D eigenvalue weighted by molar-refractivity contribution is 6.30. The molecule has 0 aliphatic carbocycles. The van der Waals surface area contributed by atoms with Gasteiger partial charge in [-0.1, -0.05) is 17.7 Å². The van der Waals surface area contributed by atoms with Gasteiger partial charge in [0.1, 0.15) is 0 Å². The van der Waals surface area contributed by atoms with Crippen molar-refractivity contribution in [3.05, 3.63) is 53.1 Å². The summed E-state index contributed by atoms with van der Waals surface area (Å²) in [7, 11) is 0. The molecule has 2 aromatic rings. The molecule has 6 heteroatoms. The van der Waals surface area contributed by atoms with Crippen LogP contribution in [-0.2, 0) is 4.79 Å². The molecule has 124 valence electrons. The second-order valence-corrected chi connectivity index (χ2v) is 5.40. The van der Waals surface area contributed by atoms with E-state index in [1.165, 1.54) is 0 Å². The molecule has 1 amide bonds. The first-order valence-corrected chi connectivity index (χ1v) is 7.81. The van der Waals surface area contributed by atoms with Crippen molar-refractivity contribution in [2.24, 2.45) is 0 Å². The Balaban J connectivity index is 2.09. The maximum Gasteiger partial charge on any atom is 0.265 e. The first kappa shape index (κ1) is 17.6. The lowest BCUT2D eigenvalue weighted by Crippen LogP contribution is -2.30. The molecule has 0 heterocycles. The van der Waals surface area contributed by atoms with Crippen molar-refractivity contribution in [3.8, 4) is 17.6 Å². The lowest BCUT2D eigenvalue weighted by Gasteiger charge is -2.17. The Morgan fingerprint density at radius 2 is 2.08 bits per heavy atom. The number of hydrogen-bond donors (Lipinski definition) is 1. The molecule has 0 spiro atoms. The van der Waals surface area contributed by atoms with Gasteiger partial charge >= 0.3 is 0 Å². The smallest absolute Gasteiger partial charge is 0.265 e. The molecule has 0 aliphatic rings. The second kappa shape index (κ2) is 8.23. The molecular formula is C18H17ClN2O3. The van der Waals surface area contributed by atoms with Gasteiger partial charge in [-0.25, -0.2) is 0 Å². The van der Waals surface area contributed by atoms with Gasteiger partial charge in [-0.15, -0.1) is 0 Å². The van der Waals surface area contributed by atoms with E-state index in [1.54, 1.807) is 49.4 Å². The molecule has 5 nitrogen and oxygen atoms in total. The Morgan fingerprint density at radius 1 is 1.29 bits per heavy atom. The molecule has 24 heavy (non-hydrogen) atoms. The molecule has 0 saturated heterocycles. The van der Waals surface area contributed by atoms with Gasteiger partial charge in [0.15, 0.2) is 17.6 Å². The van der Waals surface area contributed by atoms with Gasteiger partial charge in [0.25, 0.3) is 5.91 Å². The van der Waals surface area contributed by atoms with E-state index in [2.05, 4.69) is 5.32 Å². The number of halogens is 1. The number of nitrogens with one attached hydrogen (secondary N) is 1. The third kappa shape index (κ3) is 4.64. The van der Waals surface area contributed by atoms with Crippen LogP contribution in [0.25, 0.3) is 0 Å². The molecule has 0 aromatic heterocycles. The summed E-state index contributed by atoms with van der Waals surface area (Å²) in [5.74, 6) is 0.521. The normalized spacial score (nSPS) is 11.2. The average Bonchev–Trinajstić information content (AvgIpc) is 2.56. The van der Waals surface area contributed by atoms with Crippen LogP contribution in [0.2, 0.25) is 5.02 Å². The van der Waals surface area contributed by atoms with Crippen LogP contribution in [0, 0.1) is 11.3 Å². The number of carbonyl (C=O) groups is 1. The average molecular weight is 345 g/mol. The maximum absolute atomic E-state index is 12.2. The zero-order chi connectivity index (χ0) is 17.5. The summed E-state index contributed by atoms with van der Waals surface area (Å²) in [6.45, 7) is 3.89. The summed E-state index contributed by atoms with van der Waals surface area (Å²) in [5.41, 5.74) is 1.05. The predicted molar refractivity (Wildman–Crippen MR) is 92.5 cm³/mol. The molecule has 0 fully saturated rings. The van der Waals surface area contributed by atoms with E-state index < -0.39 is 6.10 Å². The molecule has 0 aliphatic heterocycles. The number of benzene rings is 2. The van der Waals surface area contributed by atoms with E-state index in [0.29, 0.717) is 34.4 Å². The number of ether oxygens (including phenoxy) is 2. The van der Waals surface area contributed by atoms with Crippen LogP contribution < -0.4 is 14.8 Å². The Bertz CT molecular complexity index is 771. The highest BCUT2D eigenvalue weighted by Crippen LogP contribution is 2.29. The quantitative estimate of drug-likeness (QED) is 0.859. The Hall–Kier alpha value is -2.71.